The first-order valence-electron chi connectivity index (χ1n) is 8.69. The molecule has 0 unspecified atom stereocenters. The first-order valence-corrected chi connectivity index (χ1v) is 9.57. The quantitative estimate of drug-likeness (QED) is 0.562. The van der Waals surface area contributed by atoms with Gasteiger partial charge in [0.05, 0.1) is 5.69 Å². The molecule has 5 nitrogen and oxygen atoms in total. The fourth-order valence-corrected chi connectivity index (χ4v) is 3.96. The minimum atomic E-state index is -0.126. The molecule has 0 radical (unpaired) electrons. The van der Waals surface area contributed by atoms with E-state index in [1.807, 2.05) is 46.6 Å². The molecule has 132 valence electrons. The maximum atomic E-state index is 12.4. The lowest BCUT2D eigenvalue weighted by Gasteiger charge is -2.05. The highest BCUT2D eigenvalue weighted by atomic mass is 32.1. The van der Waals surface area contributed by atoms with Gasteiger partial charge in [0, 0.05) is 48.3 Å². The van der Waals surface area contributed by atoms with Crippen LogP contribution in [0.3, 0.4) is 0 Å². The molecule has 3 aromatic heterocycles. The molecule has 0 atom stereocenters. The molecular weight excluding hydrogens is 344 g/mol. The molecule has 0 aliphatic carbocycles. The van der Waals surface area contributed by atoms with E-state index in [-0.39, 0.29) is 5.91 Å². The number of thiazole rings is 1. The Morgan fingerprint density at radius 3 is 2.81 bits per heavy atom. The summed E-state index contributed by atoms with van der Waals surface area (Å²) in [6.45, 7) is 4.31. The van der Waals surface area contributed by atoms with Crippen LogP contribution in [0.15, 0.2) is 60.2 Å². The molecule has 0 fully saturated rings. The molecule has 4 aromatic rings. The van der Waals surface area contributed by atoms with Gasteiger partial charge in [-0.2, -0.15) is 0 Å². The number of hydrogen-bond donors (Lipinski definition) is 1. The van der Waals surface area contributed by atoms with E-state index in [0.29, 0.717) is 12.2 Å². The number of para-hydroxylation sites is 1. The van der Waals surface area contributed by atoms with Crippen molar-refractivity contribution in [3.05, 3.63) is 65.9 Å². The molecule has 1 N–H and O–H groups in total. The second-order valence-electron chi connectivity index (χ2n) is 6.05. The molecule has 3 heterocycles. The van der Waals surface area contributed by atoms with E-state index in [2.05, 4.69) is 40.0 Å². The zero-order valence-corrected chi connectivity index (χ0v) is 15.4. The van der Waals surface area contributed by atoms with Gasteiger partial charge in [0.1, 0.15) is 10.7 Å². The lowest BCUT2D eigenvalue weighted by Crippen LogP contribution is -2.27. The highest BCUT2D eigenvalue weighted by Gasteiger charge is 2.15. The Morgan fingerprint density at radius 2 is 2.00 bits per heavy atom. The van der Waals surface area contributed by atoms with Gasteiger partial charge in [-0.1, -0.05) is 18.2 Å². The van der Waals surface area contributed by atoms with Gasteiger partial charge in [0.2, 0.25) is 0 Å². The molecule has 6 heteroatoms. The Labute approximate surface area is 155 Å². The van der Waals surface area contributed by atoms with Crippen molar-refractivity contribution < 1.29 is 4.79 Å². The highest BCUT2D eigenvalue weighted by Crippen LogP contribution is 2.30. The summed E-state index contributed by atoms with van der Waals surface area (Å²) < 4.78 is 4.27. The van der Waals surface area contributed by atoms with Crippen molar-refractivity contribution in [3.63, 3.8) is 0 Å². The third kappa shape index (κ3) is 3.15. The largest absolute Gasteiger partial charge is 0.353 e. The number of hydrogen-bond acceptors (Lipinski definition) is 3. The van der Waals surface area contributed by atoms with E-state index in [0.717, 1.165) is 23.8 Å². The lowest BCUT2D eigenvalue weighted by atomic mass is 10.2. The van der Waals surface area contributed by atoms with Crippen LogP contribution < -0.4 is 5.32 Å². The van der Waals surface area contributed by atoms with E-state index in [1.165, 1.54) is 22.2 Å². The Kier molecular flexibility index (Phi) is 4.58. The Bertz CT molecular complexity index is 1030. The van der Waals surface area contributed by atoms with Crippen LogP contribution in [0.1, 0.15) is 17.4 Å². The first kappa shape index (κ1) is 16.6. The number of carbonyl (C=O) groups excluding carboxylic acids is 1. The molecule has 0 aliphatic heterocycles. The van der Waals surface area contributed by atoms with Gasteiger partial charge in [-0.05, 0) is 31.2 Å². The van der Waals surface area contributed by atoms with Crippen LogP contribution in [-0.4, -0.2) is 26.6 Å². The number of fused-ring (bicyclic) bond motifs is 1. The van der Waals surface area contributed by atoms with E-state index in [9.17, 15) is 4.79 Å². The zero-order valence-electron chi connectivity index (χ0n) is 14.6. The Morgan fingerprint density at radius 1 is 1.19 bits per heavy atom. The number of rotatable bonds is 6. The number of aryl methyl sites for hydroxylation is 1. The predicted octanol–water partition coefficient (Wildman–Crippen LogP) is 4.02. The topological polar surface area (TPSA) is 51.9 Å². The normalized spacial score (nSPS) is 11.1. The summed E-state index contributed by atoms with van der Waals surface area (Å²) in [5.41, 5.74) is 2.73. The first-order chi connectivity index (χ1) is 12.8. The third-order valence-electron chi connectivity index (χ3n) is 4.40. The van der Waals surface area contributed by atoms with Crippen LogP contribution in [0.5, 0.6) is 0 Å². The van der Waals surface area contributed by atoms with E-state index >= 15 is 0 Å². The monoisotopic (exact) mass is 364 g/mol. The van der Waals surface area contributed by atoms with Crippen LogP contribution in [0.4, 0.5) is 0 Å². The summed E-state index contributed by atoms with van der Waals surface area (Å²) in [5, 5.41) is 6.83. The molecule has 1 amide bonds. The zero-order chi connectivity index (χ0) is 17.9. The molecule has 1 aromatic carbocycles. The summed E-state index contributed by atoms with van der Waals surface area (Å²) >= 11 is 1.51. The number of nitrogens with zero attached hydrogens (tertiary/aromatic N) is 3. The minimum Gasteiger partial charge on any atom is -0.353 e. The minimum absolute atomic E-state index is 0.126. The molecular formula is C20H20N4OS. The molecule has 4 rings (SSSR count). The summed E-state index contributed by atoms with van der Waals surface area (Å²) in [6, 6.07) is 14.4. The second-order valence-corrected chi connectivity index (χ2v) is 6.91. The van der Waals surface area contributed by atoms with Gasteiger partial charge in [0.15, 0.2) is 0 Å². The third-order valence-corrected chi connectivity index (χ3v) is 5.27. The summed E-state index contributed by atoms with van der Waals surface area (Å²) in [4.78, 5) is 16.9. The average Bonchev–Trinajstić information content (AvgIpc) is 3.40. The van der Waals surface area contributed by atoms with Gasteiger partial charge in [-0.15, -0.1) is 11.3 Å². The lowest BCUT2D eigenvalue weighted by molar-refractivity contribution is 0.0948. The van der Waals surface area contributed by atoms with Crippen molar-refractivity contribution in [1.29, 1.82) is 0 Å². The number of amides is 1. The van der Waals surface area contributed by atoms with Gasteiger partial charge >= 0.3 is 0 Å². The van der Waals surface area contributed by atoms with Crippen LogP contribution in [0.25, 0.3) is 21.6 Å². The number of aromatic nitrogens is 3. The van der Waals surface area contributed by atoms with Crippen molar-refractivity contribution in [2.45, 2.75) is 20.0 Å². The van der Waals surface area contributed by atoms with Gasteiger partial charge in [0.25, 0.3) is 5.91 Å². The number of carbonyl (C=O) groups is 1. The van der Waals surface area contributed by atoms with E-state index in [4.69, 9.17) is 0 Å². The van der Waals surface area contributed by atoms with Crippen molar-refractivity contribution in [3.8, 4) is 10.7 Å². The van der Waals surface area contributed by atoms with Gasteiger partial charge in [-0.25, -0.2) is 4.98 Å². The predicted molar refractivity (Wildman–Crippen MR) is 105 cm³/mol. The average molecular weight is 364 g/mol. The molecule has 0 bridgehead atoms. The molecule has 0 saturated heterocycles. The van der Waals surface area contributed by atoms with Crippen molar-refractivity contribution in [2.75, 3.05) is 6.54 Å². The molecule has 0 aliphatic rings. The fraction of sp³-hybridized carbons (Fsp3) is 0.200. The van der Waals surface area contributed by atoms with Gasteiger partial charge < -0.3 is 14.5 Å². The van der Waals surface area contributed by atoms with Crippen molar-refractivity contribution >= 4 is 28.1 Å². The summed E-state index contributed by atoms with van der Waals surface area (Å²) in [7, 11) is 0. The fourth-order valence-electron chi connectivity index (χ4n) is 3.13. The number of nitrogens with one attached hydrogen (secondary N) is 1. The standard InChI is InChI=1S/C20H20N4OS/c1-2-24-17-8-4-3-7-15(17)13-18(24)20-22-16(14-26-20)19(25)21-9-12-23-10-5-6-11-23/h3-8,10-11,13-14H,2,9,12H2,1H3,(H,21,25). The Hall–Kier alpha value is -2.86. The summed E-state index contributed by atoms with van der Waals surface area (Å²) in [5.74, 6) is -0.126. The highest BCUT2D eigenvalue weighted by molar-refractivity contribution is 7.13. The number of benzene rings is 1. The maximum Gasteiger partial charge on any atom is 0.270 e. The smallest absolute Gasteiger partial charge is 0.270 e. The molecule has 0 saturated carbocycles. The van der Waals surface area contributed by atoms with Crippen LogP contribution >= 0.6 is 11.3 Å². The van der Waals surface area contributed by atoms with Crippen LogP contribution in [-0.2, 0) is 13.1 Å². The second kappa shape index (κ2) is 7.17. The Balaban J connectivity index is 1.51. The maximum absolute atomic E-state index is 12.4. The molecule has 26 heavy (non-hydrogen) atoms. The van der Waals surface area contributed by atoms with E-state index in [1.54, 1.807) is 0 Å². The van der Waals surface area contributed by atoms with Crippen LogP contribution in [0.2, 0.25) is 0 Å². The van der Waals surface area contributed by atoms with Crippen molar-refractivity contribution in [2.24, 2.45) is 0 Å². The SMILES string of the molecule is CCn1c(-c2nc(C(=O)NCCn3cccc3)cs2)cc2ccccc21. The van der Waals surface area contributed by atoms with Gasteiger partial charge in [-0.3, -0.25) is 4.79 Å². The van der Waals surface area contributed by atoms with Crippen LogP contribution in [0, 0.1) is 0 Å². The van der Waals surface area contributed by atoms with Crippen molar-refractivity contribution in [1.82, 2.24) is 19.4 Å². The summed E-state index contributed by atoms with van der Waals surface area (Å²) in [6.07, 6.45) is 3.97. The molecule has 0 spiro atoms. The van der Waals surface area contributed by atoms with E-state index < -0.39 is 0 Å².